The lowest BCUT2D eigenvalue weighted by Crippen LogP contribution is -2.37. The maximum Gasteiger partial charge on any atom is 0.573 e. The Morgan fingerprint density at radius 2 is 1.70 bits per heavy atom. The van der Waals surface area contributed by atoms with Crippen LogP contribution in [0.1, 0.15) is 31.2 Å². The summed E-state index contributed by atoms with van der Waals surface area (Å²) in [5.41, 5.74) is 1.67. The van der Waals surface area contributed by atoms with Crippen molar-refractivity contribution in [2.75, 3.05) is 24.3 Å². The highest BCUT2D eigenvalue weighted by molar-refractivity contribution is 5.90. The van der Waals surface area contributed by atoms with Crippen molar-refractivity contribution in [3.8, 4) is 5.75 Å². The van der Waals surface area contributed by atoms with E-state index in [-0.39, 0.29) is 11.8 Å². The van der Waals surface area contributed by atoms with Crippen molar-refractivity contribution < 1.29 is 17.9 Å². The van der Waals surface area contributed by atoms with E-state index >= 15 is 0 Å². The van der Waals surface area contributed by atoms with Crippen molar-refractivity contribution in [3.05, 3.63) is 54.1 Å². The minimum absolute atomic E-state index is 0.192. The summed E-state index contributed by atoms with van der Waals surface area (Å²) < 4.78 is 41.3. The molecular formula is C24H28F3N5O. The number of alkyl halides is 3. The van der Waals surface area contributed by atoms with Crippen LogP contribution in [0.25, 0.3) is 10.9 Å². The number of aromatic nitrogens is 2. The second-order valence-electron chi connectivity index (χ2n) is 8.55. The molecule has 1 aliphatic rings. The van der Waals surface area contributed by atoms with E-state index in [1.54, 1.807) is 12.1 Å². The Hall–Kier alpha value is -3.07. The molecule has 1 heterocycles. The van der Waals surface area contributed by atoms with Crippen LogP contribution in [-0.4, -0.2) is 42.5 Å². The van der Waals surface area contributed by atoms with E-state index in [0.717, 1.165) is 48.0 Å². The minimum Gasteiger partial charge on any atom is -0.406 e. The third kappa shape index (κ3) is 6.25. The van der Waals surface area contributed by atoms with Crippen molar-refractivity contribution in [2.24, 2.45) is 0 Å². The number of hydrogen-bond acceptors (Lipinski definition) is 6. The van der Waals surface area contributed by atoms with E-state index < -0.39 is 6.36 Å². The molecule has 0 spiro atoms. The molecule has 0 unspecified atom stereocenters. The summed E-state index contributed by atoms with van der Waals surface area (Å²) in [6.07, 6.45) is -0.834. The molecule has 0 amide bonds. The number of anilines is 2. The fourth-order valence-corrected chi connectivity index (χ4v) is 4.20. The average molecular weight is 460 g/mol. The number of benzene rings is 2. The van der Waals surface area contributed by atoms with Crippen LogP contribution in [0.5, 0.6) is 5.75 Å². The summed E-state index contributed by atoms with van der Waals surface area (Å²) in [6.45, 7) is 0.498. The van der Waals surface area contributed by atoms with Crippen molar-refractivity contribution in [1.29, 1.82) is 0 Å². The fraction of sp³-hybridized carbons (Fsp3) is 0.417. The topological polar surface area (TPSA) is 62.3 Å². The van der Waals surface area contributed by atoms with Gasteiger partial charge >= 0.3 is 6.36 Å². The maximum absolute atomic E-state index is 12.4. The number of ether oxygens (including phenoxy) is 1. The van der Waals surface area contributed by atoms with Crippen molar-refractivity contribution in [1.82, 2.24) is 15.3 Å². The molecule has 0 aliphatic heterocycles. The molecule has 2 aromatic carbocycles. The highest BCUT2D eigenvalue weighted by Crippen LogP contribution is 2.27. The number of para-hydroxylation sites is 1. The lowest BCUT2D eigenvalue weighted by molar-refractivity contribution is -0.274. The summed E-state index contributed by atoms with van der Waals surface area (Å²) in [4.78, 5) is 11.4. The van der Waals surface area contributed by atoms with Gasteiger partial charge < -0.3 is 20.3 Å². The zero-order valence-corrected chi connectivity index (χ0v) is 18.7. The Balaban J connectivity index is 1.31. The Bertz CT molecular complexity index is 1080. The van der Waals surface area contributed by atoms with Crippen LogP contribution < -0.4 is 20.3 Å². The monoisotopic (exact) mass is 459 g/mol. The van der Waals surface area contributed by atoms with Gasteiger partial charge in [-0.2, -0.15) is 4.98 Å². The van der Waals surface area contributed by atoms with E-state index in [1.807, 2.05) is 43.3 Å². The lowest BCUT2D eigenvalue weighted by atomic mass is 9.91. The number of nitrogens with one attached hydrogen (secondary N) is 2. The van der Waals surface area contributed by atoms with Gasteiger partial charge in [-0.3, -0.25) is 0 Å². The average Bonchev–Trinajstić information content (AvgIpc) is 2.77. The van der Waals surface area contributed by atoms with Gasteiger partial charge in [-0.25, -0.2) is 4.98 Å². The first-order chi connectivity index (χ1) is 15.8. The number of rotatable bonds is 7. The van der Waals surface area contributed by atoms with Gasteiger partial charge in [0.25, 0.3) is 0 Å². The van der Waals surface area contributed by atoms with Gasteiger partial charge in [-0.1, -0.05) is 24.3 Å². The van der Waals surface area contributed by atoms with E-state index in [1.165, 1.54) is 12.1 Å². The molecule has 3 aromatic rings. The van der Waals surface area contributed by atoms with Crippen molar-refractivity contribution in [3.63, 3.8) is 0 Å². The van der Waals surface area contributed by atoms with Gasteiger partial charge in [0.2, 0.25) is 5.95 Å². The molecule has 9 heteroatoms. The highest BCUT2D eigenvalue weighted by Gasteiger charge is 2.31. The number of halogens is 3. The van der Waals surface area contributed by atoms with Crippen LogP contribution in [0.2, 0.25) is 0 Å². The Kier molecular flexibility index (Phi) is 6.88. The summed E-state index contributed by atoms with van der Waals surface area (Å²) in [5, 5.41) is 7.97. The fourth-order valence-electron chi connectivity index (χ4n) is 4.20. The Labute approximate surface area is 191 Å². The van der Waals surface area contributed by atoms with Crippen molar-refractivity contribution >= 4 is 22.7 Å². The van der Waals surface area contributed by atoms with Gasteiger partial charge in [-0.15, -0.1) is 13.2 Å². The van der Waals surface area contributed by atoms with Crippen LogP contribution in [0, 0.1) is 0 Å². The molecule has 176 valence electrons. The zero-order valence-electron chi connectivity index (χ0n) is 18.7. The summed E-state index contributed by atoms with van der Waals surface area (Å²) >= 11 is 0. The molecule has 4 rings (SSSR count). The van der Waals surface area contributed by atoms with E-state index in [0.29, 0.717) is 18.5 Å². The normalized spacial score (nSPS) is 18.8. The van der Waals surface area contributed by atoms with Crippen LogP contribution >= 0.6 is 0 Å². The molecule has 2 N–H and O–H groups in total. The predicted octanol–water partition coefficient (Wildman–Crippen LogP) is 5.11. The first-order valence-corrected chi connectivity index (χ1v) is 11.1. The minimum atomic E-state index is -4.68. The Morgan fingerprint density at radius 1 is 0.970 bits per heavy atom. The first kappa shape index (κ1) is 23.1. The van der Waals surface area contributed by atoms with E-state index in [9.17, 15) is 13.2 Å². The maximum atomic E-state index is 12.4. The van der Waals surface area contributed by atoms with E-state index in [2.05, 4.69) is 20.4 Å². The van der Waals surface area contributed by atoms with Gasteiger partial charge in [0, 0.05) is 38.1 Å². The second kappa shape index (κ2) is 9.82. The molecule has 1 aromatic heterocycles. The quantitative estimate of drug-likeness (QED) is 0.512. The molecule has 1 fully saturated rings. The molecule has 0 saturated heterocycles. The molecule has 33 heavy (non-hydrogen) atoms. The number of hydrogen-bond donors (Lipinski definition) is 2. The molecule has 0 bridgehead atoms. The van der Waals surface area contributed by atoms with Gasteiger partial charge in [0.15, 0.2) is 0 Å². The lowest BCUT2D eigenvalue weighted by Gasteiger charge is -2.30. The number of nitrogens with zero attached hydrogens (tertiary/aromatic N) is 3. The summed E-state index contributed by atoms with van der Waals surface area (Å²) in [6, 6.07) is 14.7. The van der Waals surface area contributed by atoms with Crippen LogP contribution in [0.4, 0.5) is 24.9 Å². The predicted molar refractivity (Wildman–Crippen MR) is 123 cm³/mol. The number of fused-ring (bicyclic) bond motifs is 1. The van der Waals surface area contributed by atoms with Crippen molar-refractivity contribution in [2.45, 2.75) is 50.7 Å². The van der Waals surface area contributed by atoms with Crippen LogP contribution in [0.3, 0.4) is 0 Å². The summed E-state index contributed by atoms with van der Waals surface area (Å²) in [7, 11) is 3.95. The second-order valence-corrected chi connectivity index (χ2v) is 8.55. The van der Waals surface area contributed by atoms with Crippen LogP contribution in [0.15, 0.2) is 48.5 Å². The standard InChI is InChI=1S/C24H28F3N5O/c1-32(2)22-20-8-3-4-9-21(20)30-23(31-22)29-18-12-10-17(11-13-18)28-15-16-6-5-7-19(14-16)33-24(25,26)27/h3-9,14,17-18,28H,10-13,15H2,1-2H3,(H,29,30,31)/t17-,18+. The van der Waals surface area contributed by atoms with Gasteiger partial charge in [0.05, 0.1) is 5.52 Å². The molecular weight excluding hydrogens is 431 g/mol. The smallest absolute Gasteiger partial charge is 0.406 e. The third-order valence-corrected chi connectivity index (χ3v) is 5.79. The molecule has 0 radical (unpaired) electrons. The highest BCUT2D eigenvalue weighted by atomic mass is 19.4. The molecule has 1 aliphatic carbocycles. The molecule has 6 nitrogen and oxygen atoms in total. The largest absolute Gasteiger partial charge is 0.573 e. The zero-order chi connectivity index (χ0) is 23.4. The Morgan fingerprint density at radius 3 is 2.42 bits per heavy atom. The molecule has 1 saturated carbocycles. The molecule has 0 atom stereocenters. The van der Waals surface area contributed by atoms with E-state index in [4.69, 9.17) is 4.98 Å². The third-order valence-electron chi connectivity index (χ3n) is 5.79. The van der Waals surface area contributed by atoms with Gasteiger partial charge in [-0.05, 0) is 55.5 Å². The summed E-state index contributed by atoms with van der Waals surface area (Å²) in [5.74, 6) is 1.33. The van der Waals surface area contributed by atoms with Crippen LogP contribution in [-0.2, 0) is 6.54 Å². The van der Waals surface area contributed by atoms with Gasteiger partial charge in [0.1, 0.15) is 11.6 Å². The SMILES string of the molecule is CN(C)c1nc(N[C@H]2CC[C@@H](NCc3cccc(OC(F)(F)F)c3)CC2)nc2ccccc12. The first-order valence-electron chi connectivity index (χ1n) is 11.1.